The van der Waals surface area contributed by atoms with Gasteiger partial charge in [-0.15, -0.1) is 0 Å². The minimum absolute atomic E-state index is 0.267. The van der Waals surface area contributed by atoms with Gasteiger partial charge in [0.25, 0.3) is 0 Å². The Bertz CT molecular complexity index is 704. The molecule has 102 valence electrons. The number of rotatable bonds is 4. The summed E-state index contributed by atoms with van der Waals surface area (Å²) in [6.07, 6.45) is 0. The summed E-state index contributed by atoms with van der Waals surface area (Å²) in [5.41, 5.74) is 0.831. The largest absolute Gasteiger partial charge is 0.459 e. The van der Waals surface area contributed by atoms with E-state index in [2.05, 4.69) is 20.8 Å². The first-order chi connectivity index (χ1) is 9.72. The van der Waals surface area contributed by atoms with Crippen molar-refractivity contribution in [3.8, 4) is 11.3 Å². The van der Waals surface area contributed by atoms with Crippen LogP contribution in [0.5, 0.6) is 0 Å². The van der Waals surface area contributed by atoms with E-state index in [9.17, 15) is 4.39 Å². The average molecular weight is 273 g/mol. The van der Waals surface area contributed by atoms with Crippen LogP contribution in [0, 0.1) is 5.82 Å². The monoisotopic (exact) mass is 273 g/mol. The molecule has 0 saturated heterocycles. The number of hydrogen-bond acceptors (Lipinski definition) is 5. The third-order valence-corrected chi connectivity index (χ3v) is 2.83. The SMILES string of the molecule is Cn1nnnc1NCc1ccc(-c2ccc(F)cc2)o1. The van der Waals surface area contributed by atoms with Crippen LogP contribution >= 0.6 is 0 Å². The van der Waals surface area contributed by atoms with Crippen LogP contribution in [-0.4, -0.2) is 20.2 Å². The third kappa shape index (κ3) is 2.51. The predicted octanol–water partition coefficient (Wildman–Crippen LogP) is 2.22. The number of furan rings is 1. The number of benzene rings is 1. The lowest BCUT2D eigenvalue weighted by Crippen LogP contribution is -2.04. The van der Waals surface area contributed by atoms with Gasteiger partial charge in [-0.2, -0.15) is 0 Å². The second-order valence-corrected chi connectivity index (χ2v) is 4.25. The van der Waals surface area contributed by atoms with Gasteiger partial charge in [0.1, 0.15) is 17.3 Å². The molecule has 1 N–H and O–H groups in total. The van der Waals surface area contributed by atoms with Gasteiger partial charge in [0.2, 0.25) is 5.95 Å². The molecule has 0 aliphatic heterocycles. The molecular formula is C13H12FN5O. The Morgan fingerprint density at radius 1 is 1.20 bits per heavy atom. The van der Waals surface area contributed by atoms with E-state index in [0.717, 1.165) is 11.3 Å². The average Bonchev–Trinajstić information content (AvgIpc) is 3.06. The lowest BCUT2D eigenvalue weighted by molar-refractivity contribution is 0.530. The van der Waals surface area contributed by atoms with Gasteiger partial charge in [-0.3, -0.25) is 0 Å². The molecule has 0 aliphatic carbocycles. The first-order valence-corrected chi connectivity index (χ1v) is 6.03. The number of aromatic nitrogens is 4. The highest BCUT2D eigenvalue weighted by molar-refractivity contribution is 5.57. The highest BCUT2D eigenvalue weighted by atomic mass is 19.1. The van der Waals surface area contributed by atoms with Crippen molar-refractivity contribution in [2.24, 2.45) is 7.05 Å². The van der Waals surface area contributed by atoms with Crippen molar-refractivity contribution in [2.75, 3.05) is 5.32 Å². The van der Waals surface area contributed by atoms with Gasteiger partial charge in [-0.1, -0.05) is 5.10 Å². The number of nitrogens with one attached hydrogen (secondary N) is 1. The summed E-state index contributed by atoms with van der Waals surface area (Å²) in [5.74, 6) is 1.73. The van der Waals surface area contributed by atoms with Crippen LogP contribution < -0.4 is 5.32 Å². The lowest BCUT2D eigenvalue weighted by Gasteiger charge is -2.01. The van der Waals surface area contributed by atoms with Crippen LogP contribution in [-0.2, 0) is 13.6 Å². The summed E-state index contributed by atoms with van der Waals surface area (Å²) in [6, 6.07) is 9.87. The van der Waals surface area contributed by atoms with E-state index in [4.69, 9.17) is 4.42 Å². The summed E-state index contributed by atoms with van der Waals surface area (Å²) < 4.78 is 20.1. The van der Waals surface area contributed by atoms with Crippen LogP contribution in [0.4, 0.5) is 10.3 Å². The van der Waals surface area contributed by atoms with E-state index in [1.54, 1.807) is 19.2 Å². The first kappa shape index (κ1) is 12.3. The molecule has 0 fully saturated rings. The normalized spacial score (nSPS) is 10.7. The molecule has 7 heteroatoms. The van der Waals surface area contributed by atoms with Gasteiger partial charge in [0, 0.05) is 12.6 Å². The molecule has 0 amide bonds. The van der Waals surface area contributed by atoms with Gasteiger partial charge in [-0.25, -0.2) is 9.07 Å². The topological polar surface area (TPSA) is 68.8 Å². The molecule has 0 unspecified atom stereocenters. The van der Waals surface area contributed by atoms with E-state index in [-0.39, 0.29) is 5.82 Å². The molecule has 0 radical (unpaired) electrons. The summed E-state index contributed by atoms with van der Waals surface area (Å²) in [5, 5.41) is 14.1. The molecule has 1 aromatic carbocycles. The van der Waals surface area contributed by atoms with Crippen molar-refractivity contribution in [3.63, 3.8) is 0 Å². The molecule has 0 spiro atoms. The molecule has 0 saturated carbocycles. The van der Waals surface area contributed by atoms with Crippen LogP contribution in [0.25, 0.3) is 11.3 Å². The van der Waals surface area contributed by atoms with Crippen molar-refractivity contribution in [1.82, 2.24) is 20.2 Å². The fraction of sp³-hybridized carbons (Fsp3) is 0.154. The Kier molecular flexibility index (Phi) is 3.16. The predicted molar refractivity (Wildman–Crippen MR) is 70.2 cm³/mol. The zero-order valence-corrected chi connectivity index (χ0v) is 10.7. The molecule has 2 heterocycles. The molecule has 0 atom stereocenters. The molecule has 2 aromatic heterocycles. The summed E-state index contributed by atoms with van der Waals surface area (Å²) in [4.78, 5) is 0. The van der Waals surface area contributed by atoms with Gasteiger partial charge in [-0.05, 0) is 46.8 Å². The smallest absolute Gasteiger partial charge is 0.243 e. The van der Waals surface area contributed by atoms with Crippen LogP contribution in [0.2, 0.25) is 0 Å². The zero-order chi connectivity index (χ0) is 13.9. The third-order valence-electron chi connectivity index (χ3n) is 2.83. The maximum Gasteiger partial charge on any atom is 0.243 e. The minimum atomic E-state index is -0.267. The first-order valence-electron chi connectivity index (χ1n) is 6.03. The van der Waals surface area contributed by atoms with Crippen molar-refractivity contribution < 1.29 is 8.81 Å². The van der Waals surface area contributed by atoms with E-state index in [1.165, 1.54) is 16.8 Å². The van der Waals surface area contributed by atoms with Gasteiger partial charge >= 0.3 is 0 Å². The van der Waals surface area contributed by atoms with Crippen LogP contribution in [0.3, 0.4) is 0 Å². The van der Waals surface area contributed by atoms with E-state index in [1.807, 2.05) is 12.1 Å². The quantitative estimate of drug-likeness (QED) is 0.789. The Labute approximate surface area is 114 Å². The van der Waals surface area contributed by atoms with Crippen molar-refractivity contribution >= 4 is 5.95 Å². The molecular weight excluding hydrogens is 261 g/mol. The van der Waals surface area contributed by atoms with Gasteiger partial charge < -0.3 is 9.73 Å². The van der Waals surface area contributed by atoms with E-state index in [0.29, 0.717) is 18.3 Å². The molecule has 3 rings (SSSR count). The fourth-order valence-corrected chi connectivity index (χ4v) is 1.79. The number of nitrogens with zero attached hydrogens (tertiary/aromatic N) is 4. The molecule has 3 aromatic rings. The minimum Gasteiger partial charge on any atom is -0.459 e. The van der Waals surface area contributed by atoms with Crippen LogP contribution in [0.15, 0.2) is 40.8 Å². The standard InChI is InChI=1S/C13H12FN5O/c1-19-13(16-17-18-19)15-8-11-6-7-12(20-11)9-2-4-10(14)5-3-9/h2-7H,8H2,1H3,(H,15,16,18). The summed E-state index contributed by atoms with van der Waals surface area (Å²) in [7, 11) is 1.74. The highest BCUT2D eigenvalue weighted by Crippen LogP contribution is 2.22. The van der Waals surface area contributed by atoms with E-state index >= 15 is 0 Å². The number of halogens is 1. The number of hydrogen-bond donors (Lipinski definition) is 1. The molecule has 0 bridgehead atoms. The number of anilines is 1. The number of aryl methyl sites for hydroxylation is 1. The second kappa shape index (κ2) is 5.12. The molecule has 20 heavy (non-hydrogen) atoms. The summed E-state index contributed by atoms with van der Waals surface area (Å²) in [6.45, 7) is 0.468. The van der Waals surface area contributed by atoms with Crippen molar-refractivity contribution in [1.29, 1.82) is 0 Å². The Morgan fingerprint density at radius 3 is 2.70 bits per heavy atom. The highest BCUT2D eigenvalue weighted by Gasteiger charge is 2.06. The second-order valence-electron chi connectivity index (χ2n) is 4.25. The lowest BCUT2D eigenvalue weighted by atomic mass is 10.2. The number of tetrazole rings is 1. The maximum atomic E-state index is 12.9. The maximum absolute atomic E-state index is 12.9. The zero-order valence-electron chi connectivity index (χ0n) is 10.7. The van der Waals surface area contributed by atoms with Gasteiger partial charge in [0.15, 0.2) is 0 Å². The molecule has 6 nitrogen and oxygen atoms in total. The van der Waals surface area contributed by atoms with E-state index < -0.39 is 0 Å². The Hall–Kier alpha value is -2.70. The Balaban J connectivity index is 1.71. The molecule has 0 aliphatic rings. The van der Waals surface area contributed by atoms with Crippen molar-refractivity contribution in [3.05, 3.63) is 48.0 Å². The van der Waals surface area contributed by atoms with Crippen LogP contribution in [0.1, 0.15) is 5.76 Å². The summed E-state index contributed by atoms with van der Waals surface area (Å²) >= 11 is 0. The Morgan fingerprint density at radius 2 is 2.00 bits per heavy atom. The fourth-order valence-electron chi connectivity index (χ4n) is 1.79. The van der Waals surface area contributed by atoms with Gasteiger partial charge in [0.05, 0.1) is 6.54 Å². The van der Waals surface area contributed by atoms with Crippen molar-refractivity contribution in [2.45, 2.75) is 6.54 Å².